The van der Waals surface area contributed by atoms with Gasteiger partial charge in [0.1, 0.15) is 5.02 Å². The summed E-state index contributed by atoms with van der Waals surface area (Å²) in [7, 11) is 0. The van der Waals surface area contributed by atoms with Crippen LogP contribution in [-0.4, -0.2) is 24.2 Å². The molecule has 0 saturated carbocycles. The number of halogens is 1. The van der Waals surface area contributed by atoms with E-state index in [2.05, 4.69) is 5.32 Å². The topological polar surface area (TPSA) is 64.4 Å². The summed E-state index contributed by atoms with van der Waals surface area (Å²) >= 11 is 5.80. The molecule has 6 heteroatoms. The number of benzene rings is 1. The Morgan fingerprint density at radius 3 is 2.82 bits per heavy atom. The van der Waals surface area contributed by atoms with E-state index in [1.165, 1.54) is 6.07 Å². The molecule has 0 radical (unpaired) electrons. The Hall–Kier alpha value is -1.33. The maximum absolute atomic E-state index is 10.6. The minimum atomic E-state index is -0.504. The van der Waals surface area contributed by atoms with Crippen molar-refractivity contribution in [3.8, 4) is 0 Å². The van der Waals surface area contributed by atoms with Gasteiger partial charge >= 0.3 is 0 Å². The number of nitro benzene ring substituents is 1. The predicted molar refractivity (Wildman–Crippen MR) is 67.7 cm³/mol. The van der Waals surface area contributed by atoms with Crippen LogP contribution in [0.2, 0.25) is 5.02 Å². The summed E-state index contributed by atoms with van der Waals surface area (Å²) < 4.78 is 5.26. The summed E-state index contributed by atoms with van der Waals surface area (Å²) in [5.74, 6) is 0. The molecule has 0 saturated heterocycles. The Labute approximate surface area is 105 Å². The Kier molecular flexibility index (Phi) is 5.18. The molecule has 5 nitrogen and oxygen atoms in total. The minimum Gasteiger partial charge on any atom is -0.380 e. The van der Waals surface area contributed by atoms with Crippen molar-refractivity contribution < 1.29 is 9.66 Å². The number of hydrogen-bond acceptors (Lipinski definition) is 4. The first-order valence-corrected chi connectivity index (χ1v) is 5.70. The van der Waals surface area contributed by atoms with E-state index in [4.69, 9.17) is 16.3 Å². The normalized spacial score (nSPS) is 12.2. The van der Waals surface area contributed by atoms with Gasteiger partial charge < -0.3 is 10.1 Å². The van der Waals surface area contributed by atoms with E-state index in [0.29, 0.717) is 13.2 Å². The van der Waals surface area contributed by atoms with Crippen molar-refractivity contribution >= 4 is 23.0 Å². The molecule has 94 valence electrons. The van der Waals surface area contributed by atoms with Gasteiger partial charge in [0.05, 0.1) is 11.5 Å². The fraction of sp³-hybridized carbons (Fsp3) is 0.455. The second kappa shape index (κ2) is 6.42. The van der Waals surface area contributed by atoms with Crippen molar-refractivity contribution in [2.24, 2.45) is 0 Å². The largest absolute Gasteiger partial charge is 0.380 e. The van der Waals surface area contributed by atoms with E-state index in [9.17, 15) is 10.1 Å². The number of nitrogens with zero attached hydrogens (tertiary/aromatic N) is 1. The maximum atomic E-state index is 10.6. The van der Waals surface area contributed by atoms with Crippen molar-refractivity contribution in [2.75, 3.05) is 18.5 Å². The lowest BCUT2D eigenvalue weighted by atomic mass is 10.2. The van der Waals surface area contributed by atoms with Gasteiger partial charge in [-0.25, -0.2) is 0 Å². The number of rotatable bonds is 6. The standard InChI is InChI=1S/C11H15ClN2O3/c1-3-17-7-8(2)13-9-4-5-11(14(15)16)10(12)6-9/h4-6,8,13H,3,7H2,1-2H3. The molecule has 0 aromatic heterocycles. The molecule has 17 heavy (non-hydrogen) atoms. The number of hydrogen-bond donors (Lipinski definition) is 1. The predicted octanol–water partition coefficient (Wildman–Crippen LogP) is 3.09. The molecule has 0 aliphatic carbocycles. The molecule has 0 aliphatic heterocycles. The van der Waals surface area contributed by atoms with Crippen molar-refractivity contribution in [2.45, 2.75) is 19.9 Å². The third-order valence-electron chi connectivity index (χ3n) is 2.13. The second-order valence-corrected chi connectivity index (χ2v) is 4.04. The molecule has 0 fully saturated rings. The van der Waals surface area contributed by atoms with Gasteiger partial charge in [0, 0.05) is 24.4 Å². The average molecular weight is 259 g/mol. The van der Waals surface area contributed by atoms with Crippen molar-refractivity contribution in [3.63, 3.8) is 0 Å². The van der Waals surface area contributed by atoms with Crippen LogP contribution in [0, 0.1) is 10.1 Å². The van der Waals surface area contributed by atoms with Crippen LogP contribution >= 0.6 is 11.6 Å². The molecule has 1 aromatic rings. The number of ether oxygens (including phenoxy) is 1. The summed E-state index contributed by atoms with van der Waals surface area (Å²) in [5.41, 5.74) is 0.655. The summed E-state index contributed by atoms with van der Waals surface area (Å²) in [4.78, 5) is 10.1. The lowest BCUT2D eigenvalue weighted by Crippen LogP contribution is -2.21. The Bertz CT molecular complexity index is 398. The first-order valence-electron chi connectivity index (χ1n) is 5.32. The van der Waals surface area contributed by atoms with Gasteiger partial charge in [0.2, 0.25) is 0 Å². The van der Waals surface area contributed by atoms with Crippen LogP contribution in [0.1, 0.15) is 13.8 Å². The van der Waals surface area contributed by atoms with Crippen LogP contribution in [0.3, 0.4) is 0 Å². The van der Waals surface area contributed by atoms with Gasteiger partial charge in [-0.3, -0.25) is 10.1 Å². The lowest BCUT2D eigenvalue weighted by Gasteiger charge is -2.15. The van der Waals surface area contributed by atoms with Crippen LogP contribution in [-0.2, 0) is 4.74 Å². The third-order valence-corrected chi connectivity index (χ3v) is 2.43. The maximum Gasteiger partial charge on any atom is 0.288 e. The third kappa shape index (κ3) is 4.20. The fourth-order valence-electron chi connectivity index (χ4n) is 1.37. The van der Waals surface area contributed by atoms with Gasteiger partial charge in [0.15, 0.2) is 0 Å². The van der Waals surface area contributed by atoms with Gasteiger partial charge in [0.25, 0.3) is 5.69 Å². The van der Waals surface area contributed by atoms with E-state index in [1.54, 1.807) is 12.1 Å². The Balaban J connectivity index is 2.67. The molecule has 1 rings (SSSR count). The van der Waals surface area contributed by atoms with Crippen molar-refractivity contribution in [1.29, 1.82) is 0 Å². The zero-order chi connectivity index (χ0) is 12.8. The van der Waals surface area contributed by atoms with Crippen LogP contribution in [0.4, 0.5) is 11.4 Å². The first-order chi connectivity index (χ1) is 8.04. The van der Waals surface area contributed by atoms with E-state index in [0.717, 1.165) is 5.69 Å². The number of nitrogens with one attached hydrogen (secondary N) is 1. The zero-order valence-electron chi connectivity index (χ0n) is 9.77. The Morgan fingerprint density at radius 2 is 2.29 bits per heavy atom. The molecule has 0 aliphatic rings. The van der Waals surface area contributed by atoms with E-state index < -0.39 is 4.92 Å². The molecule has 0 bridgehead atoms. The Morgan fingerprint density at radius 1 is 1.59 bits per heavy atom. The average Bonchev–Trinajstić information content (AvgIpc) is 2.26. The van der Waals surface area contributed by atoms with Crippen molar-refractivity contribution in [1.82, 2.24) is 0 Å². The first kappa shape index (κ1) is 13.7. The van der Waals surface area contributed by atoms with Crippen LogP contribution < -0.4 is 5.32 Å². The van der Waals surface area contributed by atoms with E-state index in [1.807, 2.05) is 13.8 Å². The van der Waals surface area contributed by atoms with Crippen molar-refractivity contribution in [3.05, 3.63) is 33.3 Å². The van der Waals surface area contributed by atoms with Gasteiger partial charge in [-0.1, -0.05) is 11.6 Å². The number of nitro groups is 1. The van der Waals surface area contributed by atoms with Crippen LogP contribution in [0.25, 0.3) is 0 Å². The molecule has 0 amide bonds. The van der Waals surface area contributed by atoms with Crippen LogP contribution in [0.5, 0.6) is 0 Å². The lowest BCUT2D eigenvalue weighted by molar-refractivity contribution is -0.384. The van der Waals surface area contributed by atoms with Crippen LogP contribution in [0.15, 0.2) is 18.2 Å². The quantitative estimate of drug-likeness (QED) is 0.629. The summed E-state index contributed by atoms with van der Waals surface area (Å²) in [6.07, 6.45) is 0. The highest BCUT2D eigenvalue weighted by Gasteiger charge is 2.12. The SMILES string of the molecule is CCOCC(C)Nc1ccc([N+](=O)[O-])c(Cl)c1. The van der Waals surface area contributed by atoms with E-state index >= 15 is 0 Å². The van der Waals surface area contributed by atoms with Gasteiger partial charge in [-0.05, 0) is 26.0 Å². The zero-order valence-corrected chi connectivity index (χ0v) is 10.5. The molecule has 1 N–H and O–H groups in total. The molecule has 1 aromatic carbocycles. The number of anilines is 1. The molecule has 1 atom stereocenters. The molecule has 0 heterocycles. The monoisotopic (exact) mass is 258 g/mol. The molecule has 1 unspecified atom stereocenters. The van der Waals surface area contributed by atoms with E-state index in [-0.39, 0.29) is 16.8 Å². The summed E-state index contributed by atoms with van der Waals surface area (Å²) in [6, 6.07) is 4.68. The molecule has 0 spiro atoms. The second-order valence-electron chi connectivity index (χ2n) is 3.63. The highest BCUT2D eigenvalue weighted by molar-refractivity contribution is 6.32. The fourth-order valence-corrected chi connectivity index (χ4v) is 1.62. The molecular formula is C11H15ClN2O3. The highest BCUT2D eigenvalue weighted by atomic mass is 35.5. The smallest absolute Gasteiger partial charge is 0.288 e. The summed E-state index contributed by atoms with van der Waals surface area (Å²) in [6.45, 7) is 5.12. The molecular weight excluding hydrogens is 244 g/mol. The van der Waals surface area contributed by atoms with Gasteiger partial charge in [-0.2, -0.15) is 0 Å². The summed E-state index contributed by atoms with van der Waals surface area (Å²) in [5, 5.41) is 13.9. The highest BCUT2D eigenvalue weighted by Crippen LogP contribution is 2.27. The minimum absolute atomic E-state index is 0.0883. The van der Waals surface area contributed by atoms with Gasteiger partial charge in [-0.15, -0.1) is 0 Å².